The summed E-state index contributed by atoms with van der Waals surface area (Å²) in [5, 5.41) is 87.0. The first kappa shape index (κ1) is 28.6. The first-order valence-electron chi connectivity index (χ1n) is 10.4. The molecule has 0 heterocycles. The molecule has 0 bridgehead atoms. The van der Waals surface area contributed by atoms with Gasteiger partial charge in [-0.2, -0.15) is 0 Å². The number of aliphatic hydroxyl groups is 9. The normalized spacial score (nSPS) is 21.6. The van der Waals surface area contributed by atoms with Gasteiger partial charge in [0.15, 0.2) is 0 Å². The molecule has 0 saturated heterocycles. The third-order valence-electron chi connectivity index (χ3n) is 5.22. The second-order valence-electron chi connectivity index (χ2n) is 7.98. The largest absolute Gasteiger partial charge is 0.394 e. The van der Waals surface area contributed by atoms with Crippen molar-refractivity contribution in [1.82, 2.24) is 0 Å². The fourth-order valence-corrected chi connectivity index (χ4v) is 3.08. The quantitative estimate of drug-likeness (QED) is 0.133. The summed E-state index contributed by atoms with van der Waals surface area (Å²) in [5.41, 5.74) is 0. The first-order chi connectivity index (χ1) is 13.5. The molecule has 9 atom stereocenters. The number of rotatable bonds is 17. The fourth-order valence-electron chi connectivity index (χ4n) is 3.08. The Balaban J connectivity index is 4.52. The molecule has 0 rings (SSSR count). The Morgan fingerprint density at radius 2 is 1.21 bits per heavy atom. The average molecular weight is 426 g/mol. The lowest BCUT2D eigenvalue weighted by Crippen LogP contribution is -2.32. The lowest BCUT2D eigenvalue weighted by molar-refractivity contribution is -0.0262. The predicted octanol–water partition coefficient (Wildman–Crippen LogP) is -1.54. The van der Waals surface area contributed by atoms with Gasteiger partial charge in [0, 0.05) is 0 Å². The van der Waals surface area contributed by atoms with E-state index in [-0.39, 0.29) is 38.0 Å². The summed E-state index contributed by atoms with van der Waals surface area (Å²) in [7, 11) is 0. The first-order valence-corrected chi connectivity index (χ1v) is 10.4. The fraction of sp³-hybridized carbons (Fsp3) is 0.950. The van der Waals surface area contributed by atoms with Gasteiger partial charge < -0.3 is 46.0 Å². The summed E-state index contributed by atoms with van der Waals surface area (Å²) in [6.45, 7) is 2.60. The molecule has 0 aliphatic carbocycles. The molecule has 0 amide bonds. The van der Waals surface area contributed by atoms with Crippen LogP contribution in [0.5, 0.6) is 0 Å². The van der Waals surface area contributed by atoms with E-state index < -0.39 is 55.4 Å². The van der Waals surface area contributed by atoms with Crippen molar-refractivity contribution < 1.29 is 46.0 Å². The van der Waals surface area contributed by atoms with Gasteiger partial charge in [0.2, 0.25) is 0 Å². The van der Waals surface area contributed by atoms with Crippen molar-refractivity contribution in [3.05, 3.63) is 6.42 Å². The molecule has 9 unspecified atom stereocenters. The Morgan fingerprint density at radius 3 is 1.69 bits per heavy atom. The zero-order chi connectivity index (χ0) is 22.6. The second-order valence-corrected chi connectivity index (χ2v) is 7.98. The van der Waals surface area contributed by atoms with Crippen LogP contribution in [0.25, 0.3) is 0 Å². The molecule has 175 valence electrons. The van der Waals surface area contributed by atoms with Crippen LogP contribution >= 0.6 is 0 Å². The highest BCUT2D eigenvalue weighted by atomic mass is 16.4. The summed E-state index contributed by atoms with van der Waals surface area (Å²) < 4.78 is 0. The van der Waals surface area contributed by atoms with Gasteiger partial charge in [-0.1, -0.05) is 6.92 Å². The molecular weight excluding hydrogens is 384 g/mol. The van der Waals surface area contributed by atoms with E-state index in [4.69, 9.17) is 5.11 Å². The standard InChI is InChI=1S/C20H41O9/c1-3-16(25)19(28)9-13(8-18(27)12(2)22)4-5-14(23)10-15(24)6-7-17(26)20(29)11-21/h9,12-29H,3-8,10-11H2,1-2H3. The number of hydrogen-bond donors (Lipinski definition) is 9. The van der Waals surface area contributed by atoms with Crippen molar-refractivity contribution in [3.63, 3.8) is 0 Å². The van der Waals surface area contributed by atoms with E-state index in [0.717, 1.165) is 0 Å². The van der Waals surface area contributed by atoms with Crippen LogP contribution in [0.3, 0.4) is 0 Å². The van der Waals surface area contributed by atoms with Crippen molar-refractivity contribution in [1.29, 1.82) is 0 Å². The Labute approximate surface area is 173 Å². The average Bonchev–Trinajstić information content (AvgIpc) is 2.68. The van der Waals surface area contributed by atoms with Crippen molar-refractivity contribution >= 4 is 0 Å². The van der Waals surface area contributed by atoms with Crippen LogP contribution in [0.2, 0.25) is 0 Å². The van der Waals surface area contributed by atoms with Crippen molar-refractivity contribution in [2.45, 2.75) is 108 Å². The monoisotopic (exact) mass is 425 g/mol. The molecule has 9 N–H and O–H groups in total. The molecule has 0 aromatic carbocycles. The molecule has 1 radical (unpaired) electrons. The van der Waals surface area contributed by atoms with Gasteiger partial charge in [-0.3, -0.25) is 0 Å². The Kier molecular flexibility index (Phi) is 15.3. The molecule has 0 aromatic rings. The molecule has 0 aromatic heterocycles. The molecule has 0 aliphatic rings. The lowest BCUT2D eigenvalue weighted by Gasteiger charge is -2.26. The summed E-state index contributed by atoms with van der Waals surface area (Å²) in [6, 6.07) is 0. The minimum atomic E-state index is -1.27. The maximum absolute atomic E-state index is 10.2. The summed E-state index contributed by atoms with van der Waals surface area (Å²) in [6.07, 6.45) is -5.24. The smallest absolute Gasteiger partial charge is 0.103 e. The van der Waals surface area contributed by atoms with E-state index in [0.29, 0.717) is 12.8 Å². The number of aliphatic hydroxyl groups excluding tert-OH is 9. The van der Waals surface area contributed by atoms with Crippen LogP contribution in [-0.2, 0) is 0 Å². The van der Waals surface area contributed by atoms with Gasteiger partial charge in [0.05, 0.1) is 49.3 Å². The molecule has 0 spiro atoms. The zero-order valence-corrected chi connectivity index (χ0v) is 17.5. The van der Waals surface area contributed by atoms with Crippen LogP contribution in [0.4, 0.5) is 0 Å². The lowest BCUT2D eigenvalue weighted by atomic mass is 9.86. The minimum Gasteiger partial charge on any atom is -0.394 e. The SMILES string of the molecule is CCC(O)C(O)[CH]C(CCC(O)CC(O)CCC(O)C(O)CO)CC(O)C(C)O. The molecule has 0 aliphatic heterocycles. The van der Waals surface area contributed by atoms with E-state index in [9.17, 15) is 40.9 Å². The molecular formula is C20H41O9. The van der Waals surface area contributed by atoms with E-state index in [1.165, 1.54) is 13.3 Å². The topological polar surface area (TPSA) is 182 Å². The van der Waals surface area contributed by atoms with Crippen LogP contribution in [-0.4, -0.2) is 101 Å². The van der Waals surface area contributed by atoms with Gasteiger partial charge in [0.1, 0.15) is 6.10 Å². The van der Waals surface area contributed by atoms with Crippen LogP contribution in [0, 0.1) is 12.3 Å². The molecule has 0 saturated carbocycles. The van der Waals surface area contributed by atoms with Gasteiger partial charge in [-0.05, 0) is 64.2 Å². The Bertz CT molecular complexity index is 396. The third kappa shape index (κ3) is 12.8. The second kappa shape index (κ2) is 15.4. The van der Waals surface area contributed by atoms with E-state index in [2.05, 4.69) is 0 Å². The van der Waals surface area contributed by atoms with Crippen molar-refractivity contribution in [2.24, 2.45) is 5.92 Å². The third-order valence-corrected chi connectivity index (χ3v) is 5.22. The van der Waals surface area contributed by atoms with Crippen LogP contribution in [0.1, 0.15) is 58.8 Å². The highest BCUT2D eigenvalue weighted by molar-refractivity contribution is 4.89. The molecule has 0 fully saturated rings. The predicted molar refractivity (Wildman–Crippen MR) is 107 cm³/mol. The van der Waals surface area contributed by atoms with Gasteiger partial charge in [-0.25, -0.2) is 0 Å². The Morgan fingerprint density at radius 1 is 0.655 bits per heavy atom. The molecule has 9 nitrogen and oxygen atoms in total. The van der Waals surface area contributed by atoms with Gasteiger partial charge >= 0.3 is 0 Å². The maximum Gasteiger partial charge on any atom is 0.103 e. The summed E-state index contributed by atoms with van der Waals surface area (Å²) in [5.74, 6) is -0.357. The van der Waals surface area contributed by atoms with Crippen molar-refractivity contribution in [2.75, 3.05) is 6.61 Å². The van der Waals surface area contributed by atoms with Gasteiger partial charge in [0.25, 0.3) is 0 Å². The maximum atomic E-state index is 10.2. The van der Waals surface area contributed by atoms with Crippen LogP contribution < -0.4 is 0 Å². The zero-order valence-electron chi connectivity index (χ0n) is 17.5. The molecule has 9 heteroatoms. The van der Waals surface area contributed by atoms with Gasteiger partial charge in [-0.15, -0.1) is 0 Å². The van der Waals surface area contributed by atoms with Crippen LogP contribution in [0.15, 0.2) is 0 Å². The van der Waals surface area contributed by atoms with Crippen molar-refractivity contribution in [3.8, 4) is 0 Å². The summed E-state index contributed by atoms with van der Waals surface area (Å²) in [4.78, 5) is 0. The minimum absolute atomic E-state index is 0.0494. The molecule has 29 heavy (non-hydrogen) atoms. The Hall–Kier alpha value is -0.360. The van der Waals surface area contributed by atoms with E-state index in [1.807, 2.05) is 0 Å². The number of hydrogen-bond acceptors (Lipinski definition) is 9. The summed E-state index contributed by atoms with van der Waals surface area (Å²) >= 11 is 0. The van der Waals surface area contributed by atoms with E-state index in [1.54, 1.807) is 6.92 Å². The van der Waals surface area contributed by atoms with E-state index >= 15 is 0 Å². The highest BCUT2D eigenvalue weighted by Crippen LogP contribution is 2.24. The highest BCUT2D eigenvalue weighted by Gasteiger charge is 2.25.